The highest BCUT2D eigenvalue weighted by atomic mass is 32.2. The van der Waals surface area contributed by atoms with Crippen LogP contribution in [0.2, 0.25) is 0 Å². The van der Waals surface area contributed by atoms with Gasteiger partial charge in [-0.1, -0.05) is 42.0 Å². The summed E-state index contributed by atoms with van der Waals surface area (Å²) in [6, 6.07) is 23.2. The Morgan fingerprint density at radius 2 is 1.67 bits per heavy atom. The van der Waals surface area contributed by atoms with Crippen LogP contribution in [0.1, 0.15) is 57.1 Å². The number of aliphatic hydroxyl groups excluding tert-OH is 1. The number of rotatable bonds is 15. The van der Waals surface area contributed by atoms with Crippen molar-refractivity contribution in [2.75, 3.05) is 56.0 Å². The van der Waals surface area contributed by atoms with Crippen LogP contribution in [0, 0.1) is 12.8 Å². The number of imide groups is 2. The van der Waals surface area contributed by atoms with Crippen LogP contribution < -0.4 is 16.0 Å². The molecule has 2 fully saturated rings. The van der Waals surface area contributed by atoms with Gasteiger partial charge in [-0.15, -0.1) is 11.8 Å². The van der Waals surface area contributed by atoms with Gasteiger partial charge in [-0.05, 0) is 85.0 Å². The molecular formula is C44H45N5O10S2. The molecule has 4 N–H and O–H groups in total. The lowest BCUT2D eigenvalue weighted by atomic mass is 9.82. The number of piperidine rings is 1. The summed E-state index contributed by atoms with van der Waals surface area (Å²) in [7, 11) is -3.82. The summed E-state index contributed by atoms with van der Waals surface area (Å²) in [6.45, 7) is 2.60. The second kappa shape index (κ2) is 17.9. The van der Waals surface area contributed by atoms with Gasteiger partial charge in [0, 0.05) is 40.9 Å². The minimum atomic E-state index is -3.82. The van der Waals surface area contributed by atoms with Gasteiger partial charge in [-0.2, -0.15) is 4.31 Å². The van der Waals surface area contributed by atoms with E-state index < -0.39 is 45.7 Å². The number of fused-ring (bicyclic) bond motifs is 4. The van der Waals surface area contributed by atoms with E-state index >= 15 is 0 Å². The van der Waals surface area contributed by atoms with Gasteiger partial charge in [-0.3, -0.25) is 34.2 Å². The van der Waals surface area contributed by atoms with Crippen LogP contribution >= 0.6 is 11.8 Å². The predicted octanol–water partition coefficient (Wildman–Crippen LogP) is 4.37. The molecule has 61 heavy (non-hydrogen) atoms. The summed E-state index contributed by atoms with van der Waals surface area (Å²) in [4.78, 5) is 65.0. The molecule has 4 aromatic rings. The van der Waals surface area contributed by atoms with Gasteiger partial charge >= 0.3 is 0 Å². The standard InChI is InChI=1S/C44H45N5O10S2/c1-26-8-11-30(12-9-26)61(56,57)48-17-16-31-35(24-50)46-34-13-10-28(23-33(34)41(31)48)27-4-2-5-29(22-27)45-39(52)25-59-19-18-58-20-21-60-37-7-3-6-32-40(37)44(55)49(43(32)54)36-14-15-38(51)47-42(36)53/h2-13,22-23,31,35-36,41,46,50H,14-21,24-25H2,1H3,(H,45,52)(H,47,51,53)/t31-,35+,36?,41-/m1/s1. The Hall–Kier alpha value is -5.43. The zero-order valence-electron chi connectivity index (χ0n) is 33.3. The zero-order valence-corrected chi connectivity index (χ0v) is 34.9. The molecule has 1 unspecified atom stereocenters. The number of ether oxygens (including phenoxy) is 2. The minimum Gasteiger partial charge on any atom is -0.394 e. The highest BCUT2D eigenvalue weighted by Gasteiger charge is 2.49. The van der Waals surface area contributed by atoms with E-state index in [1.165, 1.54) is 11.8 Å². The summed E-state index contributed by atoms with van der Waals surface area (Å²) in [6.07, 6.45) is 0.731. The fraction of sp³-hybridized carbons (Fsp3) is 0.341. The Labute approximate surface area is 357 Å². The molecule has 0 saturated carbocycles. The van der Waals surface area contributed by atoms with E-state index in [2.05, 4.69) is 16.0 Å². The molecule has 0 radical (unpaired) electrons. The number of thioether (sulfide) groups is 1. The number of hydrogen-bond acceptors (Lipinski definition) is 12. The van der Waals surface area contributed by atoms with Gasteiger partial charge in [0.1, 0.15) is 12.6 Å². The molecule has 2 saturated heterocycles. The fourth-order valence-corrected chi connectivity index (χ4v) is 11.1. The van der Waals surface area contributed by atoms with E-state index in [4.69, 9.17) is 9.47 Å². The van der Waals surface area contributed by atoms with Crippen LogP contribution in [0.4, 0.5) is 11.4 Å². The van der Waals surface area contributed by atoms with Crippen LogP contribution in [0.3, 0.4) is 0 Å². The lowest BCUT2D eigenvalue weighted by Crippen LogP contribution is -2.54. The van der Waals surface area contributed by atoms with E-state index in [1.54, 1.807) is 52.8 Å². The third-order valence-electron chi connectivity index (χ3n) is 11.5. The fourth-order valence-electron chi connectivity index (χ4n) is 8.49. The van der Waals surface area contributed by atoms with E-state index in [0.717, 1.165) is 32.8 Å². The van der Waals surface area contributed by atoms with Gasteiger partial charge < -0.3 is 25.2 Å². The highest BCUT2D eigenvalue weighted by molar-refractivity contribution is 7.99. The van der Waals surface area contributed by atoms with Crippen LogP contribution in [-0.4, -0.2) is 110 Å². The average Bonchev–Trinajstić information content (AvgIpc) is 3.82. The largest absolute Gasteiger partial charge is 0.394 e. The van der Waals surface area contributed by atoms with Crippen LogP contribution in [0.25, 0.3) is 11.1 Å². The number of benzene rings is 4. The number of sulfonamides is 1. The molecule has 4 atom stereocenters. The van der Waals surface area contributed by atoms with Crippen molar-refractivity contribution in [1.82, 2.24) is 14.5 Å². The highest BCUT2D eigenvalue weighted by Crippen LogP contribution is 2.49. The first-order valence-electron chi connectivity index (χ1n) is 20.1. The molecule has 0 bridgehead atoms. The summed E-state index contributed by atoms with van der Waals surface area (Å²) in [5.74, 6) is -2.23. The SMILES string of the molecule is Cc1ccc(S(=O)(=O)N2CC[C@@H]3[C@H](CO)Nc4ccc(-c5cccc(NC(=O)COCCOCCSc6cccc7c6C(=O)N(C6CCC(=O)NC6=O)C7=O)c5)cc4[C@@H]32)cc1. The molecular weight excluding hydrogens is 823 g/mol. The summed E-state index contributed by atoms with van der Waals surface area (Å²) in [5, 5.41) is 18.8. The molecule has 318 valence electrons. The van der Waals surface area contributed by atoms with Crippen molar-refractivity contribution >= 4 is 62.7 Å². The minimum absolute atomic E-state index is 0.0455. The average molecular weight is 868 g/mol. The summed E-state index contributed by atoms with van der Waals surface area (Å²) < 4.78 is 40.7. The molecule has 4 aliphatic rings. The number of nitrogens with zero attached hydrogens (tertiary/aromatic N) is 2. The quantitative estimate of drug-likeness (QED) is 0.0749. The van der Waals surface area contributed by atoms with Crippen molar-refractivity contribution in [1.29, 1.82) is 0 Å². The van der Waals surface area contributed by atoms with Crippen LogP contribution in [0.15, 0.2) is 94.7 Å². The number of nitrogens with one attached hydrogen (secondary N) is 3. The zero-order chi connectivity index (χ0) is 42.8. The first-order valence-corrected chi connectivity index (χ1v) is 22.5. The molecule has 8 rings (SSSR count). The summed E-state index contributed by atoms with van der Waals surface area (Å²) in [5.41, 5.74) is 5.25. The van der Waals surface area contributed by atoms with E-state index in [0.29, 0.717) is 35.9 Å². The van der Waals surface area contributed by atoms with Crippen molar-refractivity contribution < 1.29 is 47.0 Å². The van der Waals surface area contributed by atoms with Gasteiger partial charge in [0.2, 0.25) is 27.7 Å². The second-order valence-electron chi connectivity index (χ2n) is 15.3. The molecule has 0 aromatic heterocycles. The van der Waals surface area contributed by atoms with Crippen LogP contribution in [-0.2, 0) is 33.9 Å². The number of hydrogen-bond donors (Lipinski definition) is 4. The third kappa shape index (κ3) is 8.58. The smallest absolute Gasteiger partial charge is 0.263 e. The van der Waals surface area contributed by atoms with E-state index in [1.807, 2.05) is 43.3 Å². The normalized spacial score (nSPS) is 21.1. The Morgan fingerprint density at radius 3 is 2.46 bits per heavy atom. The Balaban J connectivity index is 0.820. The summed E-state index contributed by atoms with van der Waals surface area (Å²) >= 11 is 1.34. The molecule has 4 heterocycles. The second-order valence-corrected chi connectivity index (χ2v) is 18.4. The molecule has 0 spiro atoms. The van der Waals surface area contributed by atoms with E-state index in [9.17, 15) is 37.5 Å². The number of carbonyl (C=O) groups is 5. The van der Waals surface area contributed by atoms with Crippen LogP contribution in [0.5, 0.6) is 0 Å². The number of carbonyl (C=O) groups excluding carboxylic acids is 5. The van der Waals surface area contributed by atoms with Crippen molar-refractivity contribution in [3.8, 4) is 11.1 Å². The molecule has 4 aliphatic heterocycles. The van der Waals surface area contributed by atoms with Crippen molar-refractivity contribution in [2.45, 2.75) is 54.1 Å². The van der Waals surface area contributed by atoms with Gasteiger partial charge in [0.05, 0.1) is 54.5 Å². The van der Waals surface area contributed by atoms with Gasteiger partial charge in [0.15, 0.2) is 0 Å². The first kappa shape index (κ1) is 42.3. The van der Waals surface area contributed by atoms with Gasteiger partial charge in [0.25, 0.3) is 11.8 Å². The lowest BCUT2D eigenvalue weighted by Gasteiger charge is -2.39. The number of aryl methyl sites for hydroxylation is 1. The Bertz CT molecular complexity index is 2500. The molecule has 15 nitrogen and oxygen atoms in total. The Morgan fingerprint density at radius 1 is 0.902 bits per heavy atom. The predicted molar refractivity (Wildman–Crippen MR) is 226 cm³/mol. The maximum absolute atomic E-state index is 14.0. The molecule has 17 heteroatoms. The Kier molecular flexibility index (Phi) is 12.4. The van der Waals surface area contributed by atoms with Crippen molar-refractivity contribution in [3.05, 3.63) is 107 Å². The monoisotopic (exact) mass is 867 g/mol. The topological polar surface area (TPSA) is 201 Å². The number of anilines is 2. The number of amides is 5. The van der Waals surface area contributed by atoms with Gasteiger partial charge in [-0.25, -0.2) is 8.42 Å². The molecule has 0 aliphatic carbocycles. The van der Waals surface area contributed by atoms with E-state index in [-0.39, 0.29) is 73.2 Å². The van der Waals surface area contributed by atoms with Crippen molar-refractivity contribution in [2.24, 2.45) is 5.92 Å². The third-order valence-corrected chi connectivity index (χ3v) is 14.4. The lowest BCUT2D eigenvalue weighted by molar-refractivity contribution is -0.136. The van der Waals surface area contributed by atoms with Crippen molar-refractivity contribution in [3.63, 3.8) is 0 Å². The number of aliphatic hydroxyl groups is 1. The maximum Gasteiger partial charge on any atom is 0.263 e. The maximum atomic E-state index is 14.0. The molecule has 5 amide bonds. The molecule has 4 aromatic carbocycles. The first-order chi connectivity index (χ1) is 29.4.